The molecule has 2 N–H and O–H groups in total. The Balaban J connectivity index is 1.71. The summed E-state index contributed by atoms with van der Waals surface area (Å²) in [6, 6.07) is 6.27. The van der Waals surface area contributed by atoms with Crippen LogP contribution in [-0.2, 0) is 6.42 Å². The Bertz CT molecular complexity index is 480. The van der Waals surface area contributed by atoms with Gasteiger partial charge in [-0.25, -0.2) is 0 Å². The van der Waals surface area contributed by atoms with Gasteiger partial charge in [-0.15, -0.1) is 0 Å². The first-order valence-corrected chi connectivity index (χ1v) is 7.40. The molecule has 0 saturated heterocycles. The van der Waals surface area contributed by atoms with Crippen LogP contribution in [0.15, 0.2) is 18.2 Å². The number of hydrogen-bond donors (Lipinski definition) is 2. The largest absolute Gasteiger partial charge is 0.385 e. The first kappa shape index (κ1) is 12.5. The van der Waals surface area contributed by atoms with Crippen molar-refractivity contribution in [3.05, 3.63) is 29.3 Å². The number of carbonyl (C=O) groups excluding carboxylic acids is 1. The highest BCUT2D eigenvalue weighted by molar-refractivity contribution is 5.97. The van der Waals surface area contributed by atoms with Gasteiger partial charge in [0.15, 0.2) is 0 Å². The van der Waals surface area contributed by atoms with Crippen LogP contribution in [-0.4, -0.2) is 18.5 Å². The highest BCUT2D eigenvalue weighted by Gasteiger charge is 2.25. The first-order valence-electron chi connectivity index (χ1n) is 7.40. The second-order valence-electron chi connectivity index (χ2n) is 5.92. The quantitative estimate of drug-likeness (QED) is 0.871. The molecule has 1 aliphatic carbocycles. The van der Waals surface area contributed by atoms with Gasteiger partial charge in [0.2, 0.25) is 0 Å². The van der Waals surface area contributed by atoms with E-state index in [1.165, 1.54) is 18.4 Å². The zero-order valence-corrected chi connectivity index (χ0v) is 11.5. The summed E-state index contributed by atoms with van der Waals surface area (Å²) in [6.45, 7) is 3.13. The van der Waals surface area contributed by atoms with Crippen molar-refractivity contribution in [1.29, 1.82) is 0 Å². The van der Waals surface area contributed by atoms with Crippen molar-refractivity contribution in [2.24, 2.45) is 5.92 Å². The lowest BCUT2D eigenvalue weighted by atomic mass is 9.97. The Morgan fingerprint density at radius 2 is 2.32 bits per heavy atom. The number of benzene rings is 1. The van der Waals surface area contributed by atoms with Crippen molar-refractivity contribution >= 4 is 11.6 Å². The summed E-state index contributed by atoms with van der Waals surface area (Å²) in [4.78, 5) is 12.4. The summed E-state index contributed by atoms with van der Waals surface area (Å²) in [5.41, 5.74) is 3.17. The lowest BCUT2D eigenvalue weighted by molar-refractivity contribution is 0.0936. The minimum atomic E-state index is 0.0914. The van der Waals surface area contributed by atoms with Gasteiger partial charge in [-0.2, -0.15) is 0 Å². The molecule has 1 unspecified atom stereocenters. The molecule has 1 heterocycles. The highest BCUT2D eigenvalue weighted by atomic mass is 16.1. The van der Waals surface area contributed by atoms with Crippen molar-refractivity contribution in [2.45, 2.75) is 45.1 Å². The van der Waals surface area contributed by atoms with Gasteiger partial charge in [0.05, 0.1) is 0 Å². The van der Waals surface area contributed by atoms with Crippen LogP contribution >= 0.6 is 0 Å². The minimum absolute atomic E-state index is 0.0914. The molecule has 1 fully saturated rings. The van der Waals surface area contributed by atoms with Crippen LogP contribution in [0, 0.1) is 5.92 Å². The van der Waals surface area contributed by atoms with E-state index in [1.807, 2.05) is 12.1 Å². The molecule has 1 amide bonds. The Kier molecular flexibility index (Phi) is 3.45. The van der Waals surface area contributed by atoms with Crippen LogP contribution in [0.3, 0.4) is 0 Å². The molecule has 0 aromatic heterocycles. The van der Waals surface area contributed by atoms with Gasteiger partial charge in [0, 0.05) is 23.8 Å². The van der Waals surface area contributed by atoms with Gasteiger partial charge in [-0.05, 0) is 49.8 Å². The van der Waals surface area contributed by atoms with Gasteiger partial charge in [-0.1, -0.05) is 18.9 Å². The number of rotatable bonds is 4. The fraction of sp³-hybridized carbons (Fsp3) is 0.562. The summed E-state index contributed by atoms with van der Waals surface area (Å²) in [5.74, 6) is 0.940. The average molecular weight is 258 g/mol. The molecule has 19 heavy (non-hydrogen) atoms. The molecule has 1 aliphatic heterocycles. The molecule has 0 bridgehead atoms. The monoisotopic (exact) mass is 258 g/mol. The molecular weight excluding hydrogens is 236 g/mol. The van der Waals surface area contributed by atoms with Gasteiger partial charge < -0.3 is 10.6 Å². The maximum Gasteiger partial charge on any atom is 0.251 e. The average Bonchev–Trinajstić information content (AvgIpc) is 3.21. The van der Waals surface area contributed by atoms with Gasteiger partial charge in [-0.3, -0.25) is 4.79 Å². The fourth-order valence-electron chi connectivity index (χ4n) is 2.94. The van der Waals surface area contributed by atoms with Crippen LogP contribution in [0.4, 0.5) is 5.69 Å². The summed E-state index contributed by atoms with van der Waals surface area (Å²) >= 11 is 0. The third-order valence-electron chi connectivity index (χ3n) is 4.10. The number of nitrogens with one attached hydrogen (secondary N) is 2. The molecular formula is C16H22N2O. The van der Waals surface area contributed by atoms with Crippen molar-refractivity contribution in [1.82, 2.24) is 5.32 Å². The molecule has 1 aromatic carbocycles. The highest BCUT2D eigenvalue weighted by Crippen LogP contribution is 2.33. The van der Waals surface area contributed by atoms with Gasteiger partial charge >= 0.3 is 0 Å². The summed E-state index contributed by atoms with van der Waals surface area (Å²) in [7, 11) is 0. The van der Waals surface area contributed by atoms with E-state index < -0.39 is 0 Å². The molecule has 3 heteroatoms. The second-order valence-corrected chi connectivity index (χ2v) is 5.92. The van der Waals surface area contributed by atoms with E-state index in [1.54, 1.807) is 0 Å². The number of fused-ring (bicyclic) bond motifs is 1. The zero-order valence-electron chi connectivity index (χ0n) is 11.5. The van der Waals surface area contributed by atoms with E-state index in [0.717, 1.165) is 43.0 Å². The Morgan fingerprint density at radius 1 is 1.47 bits per heavy atom. The van der Waals surface area contributed by atoms with Crippen molar-refractivity contribution in [3.8, 4) is 0 Å². The predicted octanol–water partition coefficient (Wildman–Crippen LogP) is 2.96. The zero-order chi connectivity index (χ0) is 13.2. The fourth-order valence-corrected chi connectivity index (χ4v) is 2.94. The van der Waals surface area contributed by atoms with Gasteiger partial charge in [0.25, 0.3) is 5.91 Å². The van der Waals surface area contributed by atoms with E-state index in [2.05, 4.69) is 23.6 Å². The Morgan fingerprint density at radius 3 is 3.11 bits per heavy atom. The molecule has 1 aromatic rings. The summed E-state index contributed by atoms with van der Waals surface area (Å²) in [5, 5.41) is 6.52. The van der Waals surface area contributed by atoms with E-state index in [-0.39, 0.29) is 11.9 Å². The maximum absolute atomic E-state index is 12.4. The molecule has 1 saturated carbocycles. The van der Waals surface area contributed by atoms with E-state index in [0.29, 0.717) is 0 Å². The topological polar surface area (TPSA) is 41.1 Å². The molecule has 1 atom stereocenters. The molecule has 0 spiro atoms. The lowest BCUT2D eigenvalue weighted by Crippen LogP contribution is -2.34. The predicted molar refractivity (Wildman–Crippen MR) is 77.5 cm³/mol. The lowest BCUT2D eigenvalue weighted by Gasteiger charge is -2.21. The normalized spacial score (nSPS) is 19.2. The third-order valence-corrected chi connectivity index (χ3v) is 4.10. The van der Waals surface area contributed by atoms with Crippen LogP contribution < -0.4 is 10.6 Å². The Hall–Kier alpha value is -1.51. The SMILES string of the molecule is CC(CC1CC1)NC(=O)c1cccc2c1CCCN2. The first-order chi connectivity index (χ1) is 9.24. The van der Waals surface area contributed by atoms with Crippen molar-refractivity contribution < 1.29 is 4.79 Å². The Labute approximate surface area is 114 Å². The number of carbonyl (C=O) groups is 1. The molecule has 102 valence electrons. The van der Waals surface area contributed by atoms with Crippen LogP contribution in [0.5, 0.6) is 0 Å². The van der Waals surface area contributed by atoms with Gasteiger partial charge in [0.1, 0.15) is 0 Å². The van der Waals surface area contributed by atoms with E-state index in [4.69, 9.17) is 0 Å². The van der Waals surface area contributed by atoms with Crippen LogP contribution in [0.25, 0.3) is 0 Å². The number of hydrogen-bond acceptors (Lipinski definition) is 2. The maximum atomic E-state index is 12.4. The van der Waals surface area contributed by atoms with Crippen LogP contribution in [0.2, 0.25) is 0 Å². The molecule has 0 radical (unpaired) electrons. The molecule has 3 rings (SSSR count). The van der Waals surface area contributed by atoms with E-state index >= 15 is 0 Å². The summed E-state index contributed by atoms with van der Waals surface area (Å²) < 4.78 is 0. The standard InChI is InChI=1S/C16H22N2O/c1-11(10-12-7-8-12)18-16(19)14-4-2-6-15-13(14)5-3-9-17-15/h2,4,6,11-12,17H,3,5,7-10H2,1H3,(H,18,19). The molecule has 2 aliphatic rings. The third kappa shape index (κ3) is 2.91. The van der Waals surface area contributed by atoms with Crippen molar-refractivity contribution in [2.75, 3.05) is 11.9 Å². The number of amides is 1. The summed E-state index contributed by atoms with van der Waals surface area (Å²) in [6.07, 6.45) is 5.91. The smallest absolute Gasteiger partial charge is 0.251 e. The molecule has 3 nitrogen and oxygen atoms in total. The van der Waals surface area contributed by atoms with Crippen LogP contribution in [0.1, 0.15) is 48.5 Å². The van der Waals surface area contributed by atoms with Crippen molar-refractivity contribution in [3.63, 3.8) is 0 Å². The minimum Gasteiger partial charge on any atom is -0.385 e. The second kappa shape index (κ2) is 5.24. The van der Waals surface area contributed by atoms with E-state index in [9.17, 15) is 4.79 Å². The number of anilines is 1.